The number of carboxylic acid groups (broad SMARTS) is 1. The van der Waals surface area contributed by atoms with Gasteiger partial charge in [0, 0.05) is 18.7 Å². The summed E-state index contributed by atoms with van der Waals surface area (Å²) in [5, 5.41) is 12.0. The molecular formula is C17H21ClN2O4. The lowest BCUT2D eigenvalue weighted by molar-refractivity contribution is -0.139. The van der Waals surface area contributed by atoms with Crippen molar-refractivity contribution in [2.45, 2.75) is 39.2 Å². The molecular weight excluding hydrogens is 332 g/mol. The molecule has 1 aromatic carbocycles. The van der Waals surface area contributed by atoms with Crippen LogP contribution in [0.2, 0.25) is 5.02 Å². The molecule has 2 amide bonds. The fourth-order valence-corrected chi connectivity index (χ4v) is 2.91. The number of nitrogens with zero attached hydrogens (tertiary/aromatic N) is 1. The van der Waals surface area contributed by atoms with Gasteiger partial charge in [0.1, 0.15) is 6.04 Å². The van der Waals surface area contributed by atoms with Crippen molar-refractivity contribution in [3.63, 3.8) is 0 Å². The molecule has 0 spiro atoms. The molecule has 0 aliphatic carbocycles. The Morgan fingerprint density at radius 1 is 1.38 bits per heavy atom. The zero-order chi connectivity index (χ0) is 17.9. The summed E-state index contributed by atoms with van der Waals surface area (Å²) >= 11 is 6.09. The Balaban J connectivity index is 2.21. The normalized spacial score (nSPS) is 15.7. The van der Waals surface area contributed by atoms with E-state index in [2.05, 4.69) is 5.32 Å². The predicted octanol–water partition coefficient (Wildman–Crippen LogP) is 2.70. The Labute approximate surface area is 145 Å². The molecule has 130 valence electrons. The number of nitrogens with one attached hydrogen (secondary N) is 1. The first-order valence-electron chi connectivity index (χ1n) is 7.93. The summed E-state index contributed by atoms with van der Waals surface area (Å²) in [4.78, 5) is 37.2. The molecule has 0 bridgehead atoms. The van der Waals surface area contributed by atoms with E-state index >= 15 is 0 Å². The topological polar surface area (TPSA) is 86.7 Å². The Bertz CT molecular complexity index is 660. The van der Waals surface area contributed by atoms with Crippen LogP contribution in [-0.2, 0) is 9.59 Å². The predicted molar refractivity (Wildman–Crippen MR) is 91.4 cm³/mol. The maximum absolute atomic E-state index is 12.4. The first-order chi connectivity index (χ1) is 11.3. The zero-order valence-electron chi connectivity index (χ0n) is 13.7. The van der Waals surface area contributed by atoms with Gasteiger partial charge in [0.25, 0.3) is 5.91 Å². The third kappa shape index (κ3) is 4.26. The maximum atomic E-state index is 12.4. The minimum absolute atomic E-state index is 0.00639. The highest BCUT2D eigenvalue weighted by molar-refractivity contribution is 6.34. The lowest BCUT2D eigenvalue weighted by atomic mass is 10.0. The van der Waals surface area contributed by atoms with Gasteiger partial charge < -0.3 is 15.3 Å². The van der Waals surface area contributed by atoms with Gasteiger partial charge >= 0.3 is 5.97 Å². The highest BCUT2D eigenvalue weighted by Gasteiger charge is 2.25. The number of carbonyl (C=O) groups is 3. The number of hydrogen-bond acceptors (Lipinski definition) is 3. The Kier molecular flexibility index (Phi) is 5.83. The highest BCUT2D eigenvalue weighted by atomic mass is 35.5. The minimum atomic E-state index is -1.08. The van der Waals surface area contributed by atoms with E-state index < -0.39 is 17.9 Å². The van der Waals surface area contributed by atoms with Crippen molar-refractivity contribution in [2.24, 2.45) is 5.92 Å². The number of amides is 2. The highest BCUT2D eigenvalue weighted by Crippen LogP contribution is 2.26. The molecule has 0 saturated carbocycles. The van der Waals surface area contributed by atoms with Gasteiger partial charge in [-0.3, -0.25) is 9.59 Å². The molecule has 1 saturated heterocycles. The fourth-order valence-electron chi connectivity index (χ4n) is 2.71. The number of carboxylic acids is 1. The van der Waals surface area contributed by atoms with E-state index in [0.29, 0.717) is 25.1 Å². The van der Waals surface area contributed by atoms with Crippen LogP contribution in [-0.4, -0.2) is 35.5 Å². The van der Waals surface area contributed by atoms with Crippen LogP contribution in [0.25, 0.3) is 0 Å². The minimum Gasteiger partial charge on any atom is -0.480 e. The maximum Gasteiger partial charge on any atom is 0.326 e. The molecule has 1 heterocycles. The van der Waals surface area contributed by atoms with E-state index in [1.165, 1.54) is 6.07 Å². The number of aliphatic carboxylic acids is 1. The van der Waals surface area contributed by atoms with Gasteiger partial charge in [0.2, 0.25) is 5.91 Å². The van der Waals surface area contributed by atoms with E-state index in [1.54, 1.807) is 17.0 Å². The second-order valence-corrected chi connectivity index (χ2v) is 6.71. The summed E-state index contributed by atoms with van der Waals surface area (Å²) in [6, 6.07) is 3.79. The summed E-state index contributed by atoms with van der Waals surface area (Å²) in [6.45, 7) is 4.37. The summed E-state index contributed by atoms with van der Waals surface area (Å²) in [7, 11) is 0. The first kappa shape index (κ1) is 18.3. The van der Waals surface area contributed by atoms with Gasteiger partial charge in [-0.25, -0.2) is 4.79 Å². The third-order valence-corrected chi connectivity index (χ3v) is 4.22. The van der Waals surface area contributed by atoms with Gasteiger partial charge in [-0.2, -0.15) is 0 Å². The van der Waals surface area contributed by atoms with E-state index in [-0.39, 0.29) is 22.4 Å². The van der Waals surface area contributed by atoms with Crippen LogP contribution in [0.4, 0.5) is 5.69 Å². The SMILES string of the molecule is CC(C)C[C@H](NC(=O)c1cc(N2CCCC2=O)ccc1Cl)C(=O)O. The molecule has 24 heavy (non-hydrogen) atoms. The molecule has 1 atom stereocenters. The number of benzene rings is 1. The summed E-state index contributed by atoms with van der Waals surface area (Å²) in [5.41, 5.74) is 0.770. The van der Waals surface area contributed by atoms with Crippen LogP contribution >= 0.6 is 11.6 Å². The monoisotopic (exact) mass is 352 g/mol. The summed E-state index contributed by atoms with van der Waals surface area (Å²) in [6.07, 6.45) is 1.58. The molecule has 1 aromatic rings. The second-order valence-electron chi connectivity index (χ2n) is 6.31. The van der Waals surface area contributed by atoms with Crippen molar-refractivity contribution in [2.75, 3.05) is 11.4 Å². The molecule has 2 rings (SSSR count). The van der Waals surface area contributed by atoms with Crippen LogP contribution in [0.5, 0.6) is 0 Å². The van der Waals surface area contributed by atoms with Gasteiger partial charge in [-0.15, -0.1) is 0 Å². The number of anilines is 1. The van der Waals surface area contributed by atoms with E-state index in [0.717, 1.165) is 6.42 Å². The molecule has 6 nitrogen and oxygen atoms in total. The van der Waals surface area contributed by atoms with Crippen LogP contribution in [0.15, 0.2) is 18.2 Å². The van der Waals surface area contributed by atoms with Gasteiger partial charge in [0.15, 0.2) is 0 Å². The van der Waals surface area contributed by atoms with Crippen LogP contribution in [0.3, 0.4) is 0 Å². The molecule has 2 N–H and O–H groups in total. The number of halogens is 1. The summed E-state index contributed by atoms with van der Waals surface area (Å²) in [5.74, 6) is -1.51. The lowest BCUT2D eigenvalue weighted by Gasteiger charge is -2.19. The van der Waals surface area contributed by atoms with Crippen LogP contribution in [0, 0.1) is 5.92 Å². The van der Waals surface area contributed by atoms with Crippen molar-refractivity contribution in [3.8, 4) is 0 Å². The zero-order valence-corrected chi connectivity index (χ0v) is 14.5. The number of rotatable bonds is 6. The average Bonchev–Trinajstić information content (AvgIpc) is 2.92. The Hall–Kier alpha value is -2.08. The number of hydrogen-bond donors (Lipinski definition) is 2. The van der Waals surface area contributed by atoms with Crippen molar-refractivity contribution in [3.05, 3.63) is 28.8 Å². The van der Waals surface area contributed by atoms with Crippen LogP contribution < -0.4 is 10.2 Å². The van der Waals surface area contributed by atoms with E-state index in [9.17, 15) is 19.5 Å². The van der Waals surface area contributed by atoms with Gasteiger partial charge in [0.05, 0.1) is 10.6 Å². The second kappa shape index (κ2) is 7.66. The van der Waals surface area contributed by atoms with Crippen molar-refractivity contribution in [1.82, 2.24) is 5.32 Å². The molecule has 0 unspecified atom stereocenters. The van der Waals surface area contributed by atoms with Crippen molar-refractivity contribution < 1.29 is 19.5 Å². The first-order valence-corrected chi connectivity index (χ1v) is 8.31. The molecule has 1 aliphatic heterocycles. The molecule has 7 heteroatoms. The fraction of sp³-hybridized carbons (Fsp3) is 0.471. The van der Waals surface area contributed by atoms with E-state index in [4.69, 9.17) is 11.6 Å². The molecule has 0 aromatic heterocycles. The molecule has 0 radical (unpaired) electrons. The van der Waals surface area contributed by atoms with Gasteiger partial charge in [-0.05, 0) is 37.0 Å². The quantitative estimate of drug-likeness (QED) is 0.824. The largest absolute Gasteiger partial charge is 0.480 e. The number of carbonyl (C=O) groups excluding carboxylic acids is 2. The third-order valence-electron chi connectivity index (χ3n) is 3.89. The van der Waals surface area contributed by atoms with Crippen molar-refractivity contribution in [1.29, 1.82) is 0 Å². The molecule has 1 fully saturated rings. The standard InChI is InChI=1S/C17H21ClN2O4/c1-10(2)8-14(17(23)24)19-16(22)12-9-11(5-6-13(12)18)20-7-3-4-15(20)21/h5-6,9-10,14H,3-4,7-8H2,1-2H3,(H,19,22)(H,23,24)/t14-/m0/s1. The van der Waals surface area contributed by atoms with Gasteiger partial charge in [-0.1, -0.05) is 25.4 Å². The Morgan fingerprint density at radius 2 is 2.08 bits per heavy atom. The van der Waals surface area contributed by atoms with Crippen molar-refractivity contribution >= 4 is 35.1 Å². The smallest absolute Gasteiger partial charge is 0.326 e. The van der Waals surface area contributed by atoms with Crippen LogP contribution in [0.1, 0.15) is 43.5 Å². The average molecular weight is 353 g/mol. The van der Waals surface area contributed by atoms with E-state index in [1.807, 2.05) is 13.8 Å². The Morgan fingerprint density at radius 3 is 2.62 bits per heavy atom. The molecule has 1 aliphatic rings. The lowest BCUT2D eigenvalue weighted by Crippen LogP contribution is -2.41. The summed E-state index contributed by atoms with van der Waals surface area (Å²) < 4.78 is 0.